The monoisotopic (exact) mass is 250 g/mol. The Balaban J connectivity index is 1.82. The predicted molar refractivity (Wildman–Crippen MR) is 70.1 cm³/mol. The van der Waals surface area contributed by atoms with Crippen LogP contribution in [0.3, 0.4) is 0 Å². The SMILES string of the molecule is CCC1(C(=O)NCCn2ccnc2)CCCNC1. The molecule has 1 aliphatic rings. The van der Waals surface area contributed by atoms with Gasteiger partial charge in [-0.25, -0.2) is 4.98 Å². The Morgan fingerprint density at radius 3 is 3.11 bits per heavy atom. The van der Waals surface area contributed by atoms with Crippen LogP contribution < -0.4 is 10.6 Å². The zero-order valence-corrected chi connectivity index (χ0v) is 11.0. The number of nitrogens with one attached hydrogen (secondary N) is 2. The lowest BCUT2D eigenvalue weighted by atomic mass is 9.77. The molecule has 2 rings (SSSR count). The van der Waals surface area contributed by atoms with Crippen LogP contribution in [0, 0.1) is 5.41 Å². The average Bonchev–Trinajstić information content (AvgIpc) is 2.92. The number of nitrogens with zero attached hydrogens (tertiary/aromatic N) is 2. The highest BCUT2D eigenvalue weighted by Gasteiger charge is 2.37. The summed E-state index contributed by atoms with van der Waals surface area (Å²) in [5, 5.41) is 6.39. The Morgan fingerprint density at radius 1 is 1.61 bits per heavy atom. The number of carbonyl (C=O) groups excluding carboxylic acids is 1. The number of hydrogen-bond acceptors (Lipinski definition) is 3. The first-order valence-electron chi connectivity index (χ1n) is 6.71. The van der Waals surface area contributed by atoms with Crippen LogP contribution in [0.1, 0.15) is 26.2 Å². The van der Waals surface area contributed by atoms with Gasteiger partial charge < -0.3 is 15.2 Å². The van der Waals surface area contributed by atoms with Crippen LogP contribution in [-0.4, -0.2) is 35.1 Å². The molecule has 0 aliphatic carbocycles. The van der Waals surface area contributed by atoms with Crippen LogP contribution >= 0.6 is 0 Å². The molecule has 0 bridgehead atoms. The fourth-order valence-electron chi connectivity index (χ4n) is 2.53. The first-order chi connectivity index (χ1) is 8.77. The van der Waals surface area contributed by atoms with E-state index in [9.17, 15) is 4.79 Å². The van der Waals surface area contributed by atoms with E-state index in [4.69, 9.17) is 0 Å². The van der Waals surface area contributed by atoms with Gasteiger partial charge in [-0.05, 0) is 25.8 Å². The fraction of sp³-hybridized carbons (Fsp3) is 0.692. The van der Waals surface area contributed by atoms with Crippen molar-refractivity contribution in [2.45, 2.75) is 32.7 Å². The summed E-state index contributed by atoms with van der Waals surface area (Å²) >= 11 is 0. The van der Waals surface area contributed by atoms with E-state index >= 15 is 0 Å². The number of imidazole rings is 1. The van der Waals surface area contributed by atoms with Crippen LogP contribution in [0.25, 0.3) is 0 Å². The highest BCUT2D eigenvalue weighted by atomic mass is 16.2. The molecular weight excluding hydrogens is 228 g/mol. The van der Waals surface area contributed by atoms with E-state index in [0.717, 1.165) is 38.9 Å². The highest BCUT2D eigenvalue weighted by Crippen LogP contribution is 2.30. The van der Waals surface area contributed by atoms with Gasteiger partial charge in [-0.3, -0.25) is 4.79 Å². The second-order valence-corrected chi connectivity index (χ2v) is 4.97. The Morgan fingerprint density at radius 2 is 2.50 bits per heavy atom. The van der Waals surface area contributed by atoms with E-state index in [-0.39, 0.29) is 11.3 Å². The Labute approximate surface area is 108 Å². The summed E-state index contributed by atoms with van der Waals surface area (Å²) in [6, 6.07) is 0. The average molecular weight is 250 g/mol. The van der Waals surface area contributed by atoms with Gasteiger partial charge in [0.25, 0.3) is 0 Å². The maximum atomic E-state index is 12.3. The lowest BCUT2D eigenvalue weighted by Gasteiger charge is -2.35. The minimum Gasteiger partial charge on any atom is -0.354 e. The lowest BCUT2D eigenvalue weighted by Crippen LogP contribution is -2.50. The van der Waals surface area contributed by atoms with Gasteiger partial charge in [0, 0.05) is 32.0 Å². The summed E-state index contributed by atoms with van der Waals surface area (Å²) < 4.78 is 1.97. The van der Waals surface area contributed by atoms with Crippen LogP contribution in [0.15, 0.2) is 18.7 Å². The van der Waals surface area contributed by atoms with Crippen LogP contribution in [0.2, 0.25) is 0 Å². The van der Waals surface area contributed by atoms with Gasteiger partial charge >= 0.3 is 0 Å². The Hall–Kier alpha value is -1.36. The van der Waals surface area contributed by atoms with Gasteiger partial charge in [-0.15, -0.1) is 0 Å². The van der Waals surface area contributed by atoms with Crippen molar-refractivity contribution in [3.63, 3.8) is 0 Å². The molecule has 1 aromatic rings. The van der Waals surface area contributed by atoms with E-state index < -0.39 is 0 Å². The quantitative estimate of drug-likeness (QED) is 0.812. The molecular formula is C13H22N4O. The third kappa shape index (κ3) is 2.90. The molecule has 0 spiro atoms. The van der Waals surface area contributed by atoms with E-state index in [1.165, 1.54) is 0 Å². The zero-order chi connectivity index (χ0) is 12.8. The maximum absolute atomic E-state index is 12.3. The Kier molecular flexibility index (Phi) is 4.36. The maximum Gasteiger partial charge on any atom is 0.227 e. The number of amides is 1. The van der Waals surface area contributed by atoms with Crippen molar-refractivity contribution in [1.82, 2.24) is 20.2 Å². The van der Waals surface area contributed by atoms with Crippen LogP contribution in [0.5, 0.6) is 0 Å². The molecule has 100 valence electrons. The molecule has 2 N–H and O–H groups in total. The van der Waals surface area contributed by atoms with Crippen molar-refractivity contribution in [1.29, 1.82) is 0 Å². The molecule has 5 nitrogen and oxygen atoms in total. The third-order valence-corrected chi connectivity index (χ3v) is 3.85. The minimum atomic E-state index is -0.201. The second kappa shape index (κ2) is 6.00. The van der Waals surface area contributed by atoms with E-state index in [0.29, 0.717) is 6.54 Å². The topological polar surface area (TPSA) is 59.0 Å². The van der Waals surface area contributed by atoms with Gasteiger partial charge in [-0.2, -0.15) is 0 Å². The lowest BCUT2D eigenvalue weighted by molar-refractivity contribution is -0.132. The number of aromatic nitrogens is 2. The molecule has 0 radical (unpaired) electrons. The van der Waals surface area contributed by atoms with Gasteiger partial charge in [0.2, 0.25) is 5.91 Å². The highest BCUT2D eigenvalue weighted by molar-refractivity contribution is 5.82. The summed E-state index contributed by atoms with van der Waals surface area (Å²) in [6.07, 6.45) is 8.40. The summed E-state index contributed by atoms with van der Waals surface area (Å²) in [5.41, 5.74) is -0.201. The summed E-state index contributed by atoms with van der Waals surface area (Å²) in [4.78, 5) is 16.3. The fourth-order valence-corrected chi connectivity index (χ4v) is 2.53. The van der Waals surface area contributed by atoms with Crippen LogP contribution in [-0.2, 0) is 11.3 Å². The molecule has 1 amide bonds. The smallest absolute Gasteiger partial charge is 0.227 e. The van der Waals surface area contributed by atoms with Crippen molar-refractivity contribution in [2.24, 2.45) is 5.41 Å². The molecule has 1 atom stereocenters. The van der Waals surface area contributed by atoms with Crippen molar-refractivity contribution in [2.75, 3.05) is 19.6 Å². The van der Waals surface area contributed by atoms with Gasteiger partial charge in [-0.1, -0.05) is 6.92 Å². The number of hydrogen-bond donors (Lipinski definition) is 2. The zero-order valence-electron chi connectivity index (χ0n) is 11.0. The van der Waals surface area contributed by atoms with Crippen molar-refractivity contribution >= 4 is 5.91 Å². The molecule has 1 fully saturated rings. The molecule has 1 unspecified atom stereocenters. The molecule has 0 saturated carbocycles. The van der Waals surface area contributed by atoms with E-state index in [1.54, 1.807) is 12.5 Å². The van der Waals surface area contributed by atoms with Gasteiger partial charge in [0.1, 0.15) is 0 Å². The molecule has 1 aromatic heterocycles. The minimum absolute atomic E-state index is 0.192. The predicted octanol–water partition coefficient (Wildman–Crippen LogP) is 0.779. The van der Waals surface area contributed by atoms with Crippen molar-refractivity contribution in [3.05, 3.63) is 18.7 Å². The summed E-state index contributed by atoms with van der Waals surface area (Å²) in [5.74, 6) is 0.192. The van der Waals surface area contributed by atoms with E-state index in [1.807, 2.05) is 10.8 Å². The van der Waals surface area contributed by atoms with Crippen molar-refractivity contribution < 1.29 is 4.79 Å². The largest absolute Gasteiger partial charge is 0.354 e. The molecule has 1 saturated heterocycles. The van der Waals surface area contributed by atoms with Gasteiger partial charge in [0.15, 0.2) is 0 Å². The van der Waals surface area contributed by atoms with Gasteiger partial charge in [0.05, 0.1) is 11.7 Å². The molecule has 2 heterocycles. The molecule has 0 aromatic carbocycles. The van der Waals surface area contributed by atoms with E-state index in [2.05, 4.69) is 22.5 Å². The first-order valence-corrected chi connectivity index (χ1v) is 6.71. The molecule has 1 aliphatic heterocycles. The first kappa shape index (κ1) is 13.1. The standard InChI is InChI=1S/C13H22N4O/c1-2-13(4-3-5-14-10-13)12(18)16-7-9-17-8-6-15-11-17/h6,8,11,14H,2-5,7,9-10H2,1H3,(H,16,18). The van der Waals surface area contributed by atoms with Crippen LogP contribution in [0.4, 0.5) is 0 Å². The number of carbonyl (C=O) groups is 1. The normalized spacial score (nSPS) is 23.8. The van der Waals surface area contributed by atoms with Crippen molar-refractivity contribution in [3.8, 4) is 0 Å². The third-order valence-electron chi connectivity index (χ3n) is 3.85. The summed E-state index contributed by atoms with van der Waals surface area (Å²) in [6.45, 7) is 5.38. The molecule has 18 heavy (non-hydrogen) atoms. The Bertz CT molecular complexity index is 368. The number of piperidine rings is 1. The summed E-state index contributed by atoms with van der Waals surface area (Å²) in [7, 11) is 0. The second-order valence-electron chi connectivity index (χ2n) is 4.97. The number of rotatable bonds is 5. The molecule has 5 heteroatoms.